The molecule has 2 N–H and O–H groups in total. The normalized spacial score (nSPS) is 10.6. The fourth-order valence-electron chi connectivity index (χ4n) is 3.11. The molecule has 3 aromatic carbocycles. The lowest BCUT2D eigenvalue weighted by Crippen LogP contribution is -2.32. The predicted octanol–water partition coefficient (Wildman–Crippen LogP) is 5.08. The first kappa shape index (κ1) is 27.6. The Morgan fingerprint density at radius 2 is 1.65 bits per heavy atom. The third-order valence-corrected chi connectivity index (χ3v) is 5.65. The number of amides is 2. The summed E-state index contributed by atoms with van der Waals surface area (Å²) >= 11 is 12.4. The Hall–Kier alpha value is -3.95. The monoisotopic (exact) mass is 545 g/mol. The molecule has 2 amide bonds. The number of nitrogens with zero attached hydrogens (tertiary/aromatic N) is 1. The maximum absolute atomic E-state index is 12.3. The fourth-order valence-corrected chi connectivity index (χ4v) is 3.62. The second-order valence-corrected chi connectivity index (χ2v) is 8.16. The molecule has 0 radical (unpaired) electrons. The van der Waals surface area contributed by atoms with Gasteiger partial charge in [-0.3, -0.25) is 9.59 Å². The van der Waals surface area contributed by atoms with Crippen molar-refractivity contribution in [1.82, 2.24) is 5.43 Å². The second-order valence-electron chi connectivity index (χ2n) is 7.35. The minimum absolute atomic E-state index is 0.149. The summed E-state index contributed by atoms with van der Waals surface area (Å²) in [6, 6.07) is 15.1. The molecule has 11 heteroatoms. The number of anilines is 1. The molecule has 0 saturated carbocycles. The molecule has 3 aromatic rings. The largest absolute Gasteiger partial charge is 0.497 e. The zero-order valence-electron chi connectivity index (χ0n) is 20.3. The van der Waals surface area contributed by atoms with Crippen LogP contribution in [0.1, 0.15) is 18.1 Å². The van der Waals surface area contributed by atoms with Crippen molar-refractivity contribution in [3.05, 3.63) is 75.8 Å². The summed E-state index contributed by atoms with van der Waals surface area (Å²) in [6.45, 7) is 2.39. The first-order chi connectivity index (χ1) is 17.9. The number of hydrogen-bond donors (Lipinski definition) is 2. The summed E-state index contributed by atoms with van der Waals surface area (Å²) in [5.74, 6) is -0.0589. The van der Waals surface area contributed by atoms with Crippen LogP contribution in [0.2, 0.25) is 10.0 Å². The van der Waals surface area contributed by atoms with Gasteiger partial charge in [0.15, 0.2) is 11.5 Å². The van der Waals surface area contributed by atoms with E-state index in [0.717, 1.165) is 0 Å². The Labute approximate surface area is 224 Å². The Morgan fingerprint density at radius 3 is 2.32 bits per heavy atom. The number of carbonyl (C=O) groups excluding carboxylic acids is 2. The summed E-state index contributed by atoms with van der Waals surface area (Å²) in [5, 5.41) is 7.32. The maximum Gasteiger partial charge on any atom is 0.329 e. The molecule has 0 fully saturated rings. The summed E-state index contributed by atoms with van der Waals surface area (Å²) in [5.41, 5.74) is 3.76. The third kappa shape index (κ3) is 7.52. The summed E-state index contributed by atoms with van der Waals surface area (Å²) in [4.78, 5) is 24.4. The Bertz CT molecular complexity index is 1280. The average molecular weight is 546 g/mol. The zero-order chi connectivity index (χ0) is 26.8. The lowest BCUT2D eigenvalue weighted by Gasteiger charge is -2.14. The molecular formula is C26H25Cl2N3O6. The predicted molar refractivity (Wildman–Crippen MR) is 142 cm³/mol. The van der Waals surface area contributed by atoms with E-state index < -0.39 is 11.8 Å². The van der Waals surface area contributed by atoms with Gasteiger partial charge in [0.2, 0.25) is 0 Å². The molecule has 0 heterocycles. The summed E-state index contributed by atoms with van der Waals surface area (Å²) in [7, 11) is 2.95. The quantitative estimate of drug-likeness (QED) is 0.209. The van der Waals surface area contributed by atoms with Gasteiger partial charge in [0.1, 0.15) is 18.1 Å². The molecule has 0 aliphatic carbocycles. The van der Waals surface area contributed by atoms with Crippen LogP contribution in [0.15, 0.2) is 59.7 Å². The number of halogens is 2. The van der Waals surface area contributed by atoms with Gasteiger partial charge in [-0.15, -0.1) is 0 Å². The molecule has 0 aliphatic rings. The van der Waals surface area contributed by atoms with Crippen LogP contribution in [-0.4, -0.2) is 38.9 Å². The highest BCUT2D eigenvalue weighted by Crippen LogP contribution is 2.32. The van der Waals surface area contributed by atoms with Crippen molar-refractivity contribution < 1.29 is 28.5 Å². The van der Waals surface area contributed by atoms with Crippen molar-refractivity contribution >= 4 is 46.9 Å². The molecule has 9 nitrogen and oxygen atoms in total. The van der Waals surface area contributed by atoms with Gasteiger partial charge >= 0.3 is 11.8 Å². The molecule has 0 bridgehead atoms. The highest BCUT2D eigenvalue weighted by Gasteiger charge is 2.16. The van der Waals surface area contributed by atoms with Crippen LogP contribution in [0.4, 0.5) is 5.69 Å². The highest BCUT2D eigenvalue weighted by molar-refractivity contribution is 6.39. The van der Waals surface area contributed by atoms with Crippen LogP contribution in [0, 0.1) is 0 Å². The Kier molecular flexibility index (Phi) is 10.00. The molecule has 37 heavy (non-hydrogen) atoms. The van der Waals surface area contributed by atoms with E-state index in [1.54, 1.807) is 54.6 Å². The number of hydrazone groups is 1. The molecule has 3 rings (SSSR count). The number of rotatable bonds is 10. The second kappa shape index (κ2) is 13.4. The Morgan fingerprint density at radius 1 is 0.892 bits per heavy atom. The number of hydrogen-bond acceptors (Lipinski definition) is 7. The van der Waals surface area contributed by atoms with Gasteiger partial charge in [-0.1, -0.05) is 29.3 Å². The van der Waals surface area contributed by atoms with Crippen molar-refractivity contribution in [2.45, 2.75) is 13.5 Å². The van der Waals surface area contributed by atoms with Crippen molar-refractivity contribution in [2.24, 2.45) is 5.10 Å². The van der Waals surface area contributed by atoms with Crippen LogP contribution >= 0.6 is 23.2 Å². The zero-order valence-corrected chi connectivity index (χ0v) is 21.9. The third-order valence-electron chi connectivity index (χ3n) is 4.94. The molecule has 0 saturated heterocycles. The van der Waals surface area contributed by atoms with Crippen LogP contribution in [0.3, 0.4) is 0 Å². The minimum atomic E-state index is -0.962. The van der Waals surface area contributed by atoms with Crippen LogP contribution in [-0.2, 0) is 16.2 Å². The van der Waals surface area contributed by atoms with Gasteiger partial charge in [-0.05, 0) is 55.0 Å². The van der Waals surface area contributed by atoms with Crippen molar-refractivity contribution in [2.75, 3.05) is 26.1 Å². The van der Waals surface area contributed by atoms with Crippen LogP contribution in [0.25, 0.3) is 0 Å². The van der Waals surface area contributed by atoms with Gasteiger partial charge in [0, 0.05) is 21.7 Å². The molecule has 0 unspecified atom stereocenters. The maximum atomic E-state index is 12.3. The summed E-state index contributed by atoms with van der Waals surface area (Å²) in [6.07, 6.45) is 1.37. The van der Waals surface area contributed by atoms with E-state index in [2.05, 4.69) is 15.8 Å². The summed E-state index contributed by atoms with van der Waals surface area (Å²) < 4.78 is 21.9. The van der Waals surface area contributed by atoms with Gasteiger partial charge < -0.3 is 24.3 Å². The van der Waals surface area contributed by atoms with Crippen molar-refractivity contribution in [3.63, 3.8) is 0 Å². The van der Waals surface area contributed by atoms with Gasteiger partial charge in [-0.2, -0.15) is 5.10 Å². The van der Waals surface area contributed by atoms with E-state index in [9.17, 15) is 9.59 Å². The van der Waals surface area contributed by atoms with Gasteiger partial charge in [-0.25, -0.2) is 5.43 Å². The standard InChI is InChI=1S/C26H25Cl2N3O6/c1-4-36-24-12-16(8-11-22(24)37-15-18-19(27)6-5-7-20(18)28)14-29-31-26(33)25(32)30-21-10-9-17(34-2)13-23(21)35-3/h5-14H,4,15H2,1-3H3,(H,30,32)(H,31,33)/b29-14+. The van der Waals surface area contributed by atoms with Crippen molar-refractivity contribution in [3.8, 4) is 23.0 Å². The molecule has 0 aliphatic heterocycles. The van der Waals surface area contributed by atoms with E-state index in [0.29, 0.717) is 56.5 Å². The van der Waals surface area contributed by atoms with E-state index in [4.69, 9.17) is 42.1 Å². The fraction of sp³-hybridized carbons (Fsp3) is 0.192. The SMILES string of the molecule is CCOc1cc(/C=N/NC(=O)C(=O)Nc2ccc(OC)cc2OC)ccc1OCc1c(Cl)cccc1Cl. The number of benzene rings is 3. The molecular weight excluding hydrogens is 521 g/mol. The highest BCUT2D eigenvalue weighted by atomic mass is 35.5. The average Bonchev–Trinajstić information content (AvgIpc) is 2.89. The first-order valence-corrected chi connectivity index (χ1v) is 11.8. The van der Waals surface area contributed by atoms with E-state index in [-0.39, 0.29) is 6.61 Å². The minimum Gasteiger partial charge on any atom is -0.497 e. The van der Waals surface area contributed by atoms with E-state index in [1.807, 2.05) is 6.92 Å². The van der Waals surface area contributed by atoms with Crippen molar-refractivity contribution in [1.29, 1.82) is 0 Å². The molecule has 194 valence electrons. The first-order valence-electron chi connectivity index (χ1n) is 11.0. The molecule has 0 atom stereocenters. The van der Waals surface area contributed by atoms with E-state index in [1.165, 1.54) is 20.4 Å². The van der Waals surface area contributed by atoms with Crippen LogP contribution in [0.5, 0.6) is 23.0 Å². The smallest absolute Gasteiger partial charge is 0.329 e. The van der Waals surface area contributed by atoms with E-state index >= 15 is 0 Å². The number of nitrogens with one attached hydrogen (secondary N) is 2. The Balaban J connectivity index is 1.63. The lowest BCUT2D eigenvalue weighted by atomic mass is 10.2. The number of carbonyl (C=O) groups is 2. The number of ether oxygens (including phenoxy) is 4. The number of methoxy groups -OCH3 is 2. The molecule has 0 spiro atoms. The van der Waals surface area contributed by atoms with Crippen LogP contribution < -0.4 is 29.7 Å². The lowest BCUT2D eigenvalue weighted by molar-refractivity contribution is -0.136. The van der Waals surface area contributed by atoms with Gasteiger partial charge in [0.05, 0.1) is 32.7 Å². The topological polar surface area (TPSA) is 107 Å². The van der Waals surface area contributed by atoms with Gasteiger partial charge in [0.25, 0.3) is 0 Å². The molecule has 0 aromatic heterocycles.